The Morgan fingerprint density at radius 3 is 3.15 bits per heavy atom. The van der Waals surface area contributed by atoms with E-state index in [0.717, 1.165) is 53.0 Å². The Balaban J connectivity index is 1.50. The normalized spacial score (nSPS) is 16.3. The van der Waals surface area contributed by atoms with Gasteiger partial charge in [0.25, 0.3) is 0 Å². The number of anilines is 1. The number of aromatic nitrogens is 4. The van der Waals surface area contributed by atoms with E-state index < -0.39 is 0 Å². The van der Waals surface area contributed by atoms with Gasteiger partial charge in [0.2, 0.25) is 0 Å². The maximum absolute atomic E-state index is 9.03. The molecule has 0 aliphatic heterocycles. The van der Waals surface area contributed by atoms with Crippen molar-refractivity contribution in [3.63, 3.8) is 0 Å². The summed E-state index contributed by atoms with van der Waals surface area (Å²) in [6.45, 7) is 0. The van der Waals surface area contributed by atoms with Crippen LogP contribution in [0.4, 0.5) is 5.69 Å². The molecule has 3 aromatic heterocycles. The maximum atomic E-state index is 9.03. The molecule has 0 amide bonds. The highest BCUT2D eigenvalue weighted by Crippen LogP contribution is 2.34. The average molecular weight is 346 g/mol. The van der Waals surface area contributed by atoms with Gasteiger partial charge >= 0.3 is 5.89 Å². The molecule has 0 spiro atoms. The summed E-state index contributed by atoms with van der Waals surface area (Å²) < 4.78 is 10.9. The van der Waals surface area contributed by atoms with Crippen LogP contribution >= 0.6 is 0 Å². The number of aryl methyl sites for hydroxylation is 1. The van der Waals surface area contributed by atoms with Crippen molar-refractivity contribution < 1.29 is 8.83 Å². The average Bonchev–Trinajstić information content (AvgIpc) is 3.40. The van der Waals surface area contributed by atoms with Crippen LogP contribution in [0.3, 0.4) is 0 Å². The first-order valence-electron chi connectivity index (χ1n) is 8.35. The quantitative estimate of drug-likeness (QED) is 0.582. The van der Waals surface area contributed by atoms with Crippen LogP contribution in [0.15, 0.2) is 39.6 Å². The van der Waals surface area contributed by atoms with Crippen molar-refractivity contribution in [3.05, 3.63) is 48.1 Å². The fraction of sp³-hybridized carbons (Fsp3) is 0.222. The number of hydrogen-bond acceptors (Lipinski definition) is 7. The zero-order chi connectivity index (χ0) is 17.5. The minimum absolute atomic E-state index is 0.0164. The lowest BCUT2D eigenvalue weighted by molar-refractivity contribution is 0.454. The third-order valence-electron chi connectivity index (χ3n) is 4.62. The van der Waals surface area contributed by atoms with Gasteiger partial charge in [-0.2, -0.15) is 10.4 Å². The molecular weight excluding hydrogens is 332 g/mol. The largest absolute Gasteiger partial charge is 0.442 e. The zero-order valence-corrected chi connectivity index (χ0v) is 13.7. The van der Waals surface area contributed by atoms with Crippen molar-refractivity contribution in [2.75, 3.05) is 5.32 Å². The summed E-state index contributed by atoms with van der Waals surface area (Å²) >= 11 is 0. The maximum Gasteiger partial charge on any atom is 0.301 e. The van der Waals surface area contributed by atoms with Crippen LogP contribution in [0.5, 0.6) is 0 Å². The van der Waals surface area contributed by atoms with E-state index in [9.17, 15) is 0 Å². The Morgan fingerprint density at radius 1 is 1.35 bits per heavy atom. The standard InChI is InChI=1S/C18H14N6O2/c19-7-16-22-18-13(2-1-3-14(18)26-16)21-10-4-5-12-11(6-10)17(24-23-12)15-8-20-9-25-15/h4-6,8-9,13,21H,1-3H2,(H,23,24)/t13-/m0/s1. The first-order chi connectivity index (χ1) is 12.8. The number of oxazole rings is 2. The molecule has 0 fully saturated rings. The minimum atomic E-state index is 0.0164. The van der Waals surface area contributed by atoms with Crippen molar-refractivity contribution in [2.24, 2.45) is 0 Å². The highest BCUT2D eigenvalue weighted by Gasteiger charge is 2.26. The highest BCUT2D eigenvalue weighted by molar-refractivity contribution is 5.93. The van der Waals surface area contributed by atoms with Crippen LogP contribution in [0.1, 0.15) is 36.2 Å². The Morgan fingerprint density at radius 2 is 2.31 bits per heavy atom. The van der Waals surface area contributed by atoms with Crippen molar-refractivity contribution >= 4 is 16.6 Å². The smallest absolute Gasteiger partial charge is 0.301 e. The Bertz CT molecular complexity index is 1120. The first kappa shape index (κ1) is 14.7. The number of rotatable bonds is 3. The summed E-state index contributed by atoms with van der Waals surface area (Å²) in [5.41, 5.74) is 3.41. The molecule has 0 saturated heterocycles. The van der Waals surface area contributed by atoms with Gasteiger partial charge in [0.1, 0.15) is 17.1 Å². The molecule has 1 aromatic carbocycles. The second-order valence-corrected chi connectivity index (χ2v) is 6.23. The third-order valence-corrected chi connectivity index (χ3v) is 4.62. The molecule has 0 unspecified atom stereocenters. The number of benzene rings is 1. The Kier molecular flexibility index (Phi) is 3.25. The van der Waals surface area contributed by atoms with Crippen molar-refractivity contribution in [2.45, 2.75) is 25.3 Å². The number of hydrogen-bond donors (Lipinski definition) is 2. The number of H-pyrrole nitrogens is 1. The van der Waals surface area contributed by atoms with E-state index in [1.807, 2.05) is 24.3 Å². The molecule has 26 heavy (non-hydrogen) atoms. The molecule has 3 heterocycles. The van der Waals surface area contributed by atoms with Crippen LogP contribution in [0.25, 0.3) is 22.4 Å². The lowest BCUT2D eigenvalue weighted by Crippen LogP contribution is -2.17. The fourth-order valence-corrected chi connectivity index (χ4v) is 3.43. The van der Waals surface area contributed by atoms with Crippen LogP contribution in [0, 0.1) is 11.3 Å². The summed E-state index contributed by atoms with van der Waals surface area (Å²) in [7, 11) is 0. The van der Waals surface area contributed by atoms with E-state index >= 15 is 0 Å². The molecule has 1 atom stereocenters. The molecule has 0 saturated carbocycles. The van der Waals surface area contributed by atoms with Gasteiger partial charge in [-0.05, 0) is 31.0 Å². The summed E-state index contributed by atoms with van der Waals surface area (Å²) in [5.74, 6) is 1.54. The number of nitrogens with zero attached hydrogens (tertiary/aromatic N) is 4. The summed E-state index contributed by atoms with van der Waals surface area (Å²) in [4.78, 5) is 8.28. The SMILES string of the molecule is N#Cc1nc2c(o1)CCC[C@@H]2Nc1ccc2[nH]nc(-c3cnco3)c2c1. The molecule has 0 bridgehead atoms. The van der Waals surface area contributed by atoms with E-state index in [0.29, 0.717) is 5.76 Å². The van der Waals surface area contributed by atoms with Gasteiger partial charge < -0.3 is 14.2 Å². The zero-order valence-electron chi connectivity index (χ0n) is 13.7. The molecule has 1 aliphatic carbocycles. The molecule has 2 N–H and O–H groups in total. The highest BCUT2D eigenvalue weighted by atomic mass is 16.4. The first-order valence-corrected chi connectivity index (χ1v) is 8.35. The summed E-state index contributed by atoms with van der Waals surface area (Å²) in [5, 5.41) is 20.8. The molecular formula is C18H14N6O2. The number of nitriles is 1. The van der Waals surface area contributed by atoms with Gasteiger partial charge in [-0.15, -0.1) is 0 Å². The molecule has 5 rings (SSSR count). The van der Waals surface area contributed by atoms with Gasteiger partial charge in [0, 0.05) is 17.5 Å². The fourth-order valence-electron chi connectivity index (χ4n) is 3.43. The van der Waals surface area contributed by atoms with E-state index in [1.54, 1.807) is 6.20 Å². The van der Waals surface area contributed by atoms with E-state index in [1.165, 1.54) is 6.39 Å². The van der Waals surface area contributed by atoms with Crippen molar-refractivity contribution in [3.8, 4) is 17.5 Å². The van der Waals surface area contributed by atoms with E-state index in [4.69, 9.17) is 14.1 Å². The molecule has 4 aromatic rings. The van der Waals surface area contributed by atoms with Crippen molar-refractivity contribution in [1.82, 2.24) is 20.2 Å². The van der Waals surface area contributed by atoms with E-state index in [2.05, 4.69) is 25.5 Å². The lowest BCUT2D eigenvalue weighted by atomic mass is 9.96. The topological polar surface area (TPSA) is 117 Å². The monoisotopic (exact) mass is 346 g/mol. The van der Waals surface area contributed by atoms with Gasteiger partial charge in [-0.1, -0.05) is 0 Å². The number of aromatic amines is 1. The predicted molar refractivity (Wildman–Crippen MR) is 92.1 cm³/mol. The Hall–Kier alpha value is -3.60. The molecule has 128 valence electrons. The lowest BCUT2D eigenvalue weighted by Gasteiger charge is -2.22. The van der Waals surface area contributed by atoms with Gasteiger partial charge in [-0.25, -0.2) is 9.97 Å². The van der Waals surface area contributed by atoms with Gasteiger partial charge in [-0.3, -0.25) is 5.10 Å². The molecule has 8 nitrogen and oxygen atoms in total. The molecule has 1 aliphatic rings. The van der Waals surface area contributed by atoms with Crippen LogP contribution in [0.2, 0.25) is 0 Å². The van der Waals surface area contributed by atoms with Crippen LogP contribution in [-0.4, -0.2) is 20.2 Å². The number of nitrogens with one attached hydrogen (secondary N) is 2. The van der Waals surface area contributed by atoms with Crippen LogP contribution in [-0.2, 0) is 6.42 Å². The minimum Gasteiger partial charge on any atom is -0.442 e. The van der Waals surface area contributed by atoms with Crippen molar-refractivity contribution in [1.29, 1.82) is 5.26 Å². The molecule has 0 radical (unpaired) electrons. The van der Waals surface area contributed by atoms with E-state index in [-0.39, 0.29) is 11.9 Å². The predicted octanol–water partition coefficient (Wildman–Crippen LogP) is 3.57. The second-order valence-electron chi connectivity index (χ2n) is 6.23. The summed E-state index contributed by atoms with van der Waals surface area (Å²) in [6.07, 6.45) is 5.77. The second kappa shape index (κ2) is 5.74. The Labute approximate surface area is 147 Å². The third kappa shape index (κ3) is 2.33. The van der Waals surface area contributed by atoms with Gasteiger partial charge in [0.05, 0.1) is 17.8 Å². The summed E-state index contributed by atoms with van der Waals surface area (Å²) in [6, 6.07) is 7.98. The molecule has 8 heteroatoms. The van der Waals surface area contributed by atoms with Gasteiger partial charge in [0.15, 0.2) is 18.2 Å². The van der Waals surface area contributed by atoms with Crippen LogP contribution < -0.4 is 5.32 Å². The number of fused-ring (bicyclic) bond motifs is 2.